The number of halogens is 2. The van der Waals surface area contributed by atoms with E-state index in [0.717, 1.165) is 39.5 Å². The molecule has 0 saturated carbocycles. The molecule has 0 bridgehead atoms. The maximum Gasteiger partial charge on any atom is 0.252 e. The fraction of sp³-hybridized carbons (Fsp3) is 0.562. The van der Waals surface area contributed by atoms with E-state index < -0.39 is 0 Å². The average molecular weight is 465 g/mol. The predicted molar refractivity (Wildman–Crippen MR) is 98.7 cm³/mol. The van der Waals surface area contributed by atoms with Crippen LogP contribution in [0.4, 0.5) is 0 Å². The number of carbonyl (C=O) groups excluding carboxylic acids is 1. The second kappa shape index (κ2) is 6.96. The van der Waals surface area contributed by atoms with Gasteiger partial charge in [-0.3, -0.25) is 9.69 Å². The first-order valence-corrected chi connectivity index (χ1v) is 9.15. The van der Waals surface area contributed by atoms with Crippen LogP contribution >= 0.6 is 38.5 Å². The highest BCUT2D eigenvalue weighted by Gasteiger charge is 2.27. The van der Waals surface area contributed by atoms with E-state index in [1.54, 1.807) is 0 Å². The van der Waals surface area contributed by atoms with E-state index in [2.05, 4.69) is 69.5 Å². The largest absolute Gasteiger partial charge is 0.349 e. The van der Waals surface area contributed by atoms with Gasteiger partial charge in [0.25, 0.3) is 5.91 Å². The number of benzene rings is 1. The number of amides is 1. The van der Waals surface area contributed by atoms with E-state index in [0.29, 0.717) is 0 Å². The Morgan fingerprint density at radius 1 is 1.33 bits per heavy atom. The molecule has 0 aromatic heterocycles. The maximum atomic E-state index is 12.4. The number of nitrogens with one attached hydrogen (secondary N) is 1. The van der Waals surface area contributed by atoms with Gasteiger partial charge in [0.15, 0.2) is 0 Å². The quantitative estimate of drug-likeness (QED) is 0.669. The zero-order valence-electron chi connectivity index (χ0n) is 12.7. The summed E-state index contributed by atoms with van der Waals surface area (Å²) >= 11 is 5.69. The first-order chi connectivity index (χ1) is 9.77. The van der Waals surface area contributed by atoms with Gasteiger partial charge in [-0.1, -0.05) is 0 Å². The zero-order valence-corrected chi connectivity index (χ0v) is 16.5. The van der Waals surface area contributed by atoms with Gasteiger partial charge in [0, 0.05) is 32.7 Å². The third kappa shape index (κ3) is 4.66. The summed E-state index contributed by atoms with van der Waals surface area (Å²) in [6, 6.07) is 6.12. The number of piperidine rings is 1. The van der Waals surface area contributed by atoms with E-state index >= 15 is 0 Å². The summed E-state index contributed by atoms with van der Waals surface area (Å²) in [5.74, 6) is 0.0228. The highest BCUT2D eigenvalue weighted by molar-refractivity contribution is 14.1. The molecule has 116 valence electrons. The summed E-state index contributed by atoms with van der Waals surface area (Å²) in [6.07, 6.45) is 2.04. The minimum atomic E-state index is 0.0228. The Hall–Kier alpha value is -0.140. The smallest absolute Gasteiger partial charge is 0.252 e. The van der Waals surface area contributed by atoms with Gasteiger partial charge in [0.05, 0.1) is 5.56 Å². The molecule has 1 aliphatic heterocycles. The molecule has 1 heterocycles. The molecule has 1 aliphatic rings. The normalized spacial score (nSPS) is 17.8. The van der Waals surface area contributed by atoms with Crippen LogP contribution in [0.25, 0.3) is 0 Å². The highest BCUT2D eigenvalue weighted by Crippen LogP contribution is 2.22. The SMILES string of the molecule is CC(C)(C)N1CCC(NC(=O)c2cc(I)ccc2Br)CC1. The van der Waals surface area contributed by atoms with Crippen molar-refractivity contribution < 1.29 is 4.79 Å². The van der Waals surface area contributed by atoms with E-state index in [1.165, 1.54) is 0 Å². The van der Waals surface area contributed by atoms with Crippen LogP contribution in [-0.2, 0) is 0 Å². The Bertz CT molecular complexity index is 519. The third-order valence-corrected chi connectivity index (χ3v) is 5.31. The van der Waals surface area contributed by atoms with Crippen molar-refractivity contribution in [1.82, 2.24) is 10.2 Å². The molecule has 0 aliphatic carbocycles. The van der Waals surface area contributed by atoms with Crippen LogP contribution < -0.4 is 5.32 Å². The fourth-order valence-corrected chi connectivity index (χ4v) is 3.55. The lowest BCUT2D eigenvalue weighted by atomic mass is 9.98. The van der Waals surface area contributed by atoms with Crippen LogP contribution in [0.15, 0.2) is 22.7 Å². The molecule has 1 fully saturated rings. The van der Waals surface area contributed by atoms with Crippen LogP contribution in [0.5, 0.6) is 0 Å². The molecule has 0 radical (unpaired) electrons. The predicted octanol–water partition coefficient (Wildman–Crippen LogP) is 4.05. The van der Waals surface area contributed by atoms with Crippen molar-refractivity contribution in [2.45, 2.75) is 45.2 Å². The average Bonchev–Trinajstić information content (AvgIpc) is 2.41. The van der Waals surface area contributed by atoms with Gasteiger partial charge in [-0.2, -0.15) is 0 Å². The van der Waals surface area contributed by atoms with Gasteiger partial charge in [-0.15, -0.1) is 0 Å². The minimum Gasteiger partial charge on any atom is -0.349 e. The summed E-state index contributed by atoms with van der Waals surface area (Å²) < 4.78 is 1.93. The van der Waals surface area contributed by atoms with E-state index in [4.69, 9.17) is 0 Å². The number of carbonyl (C=O) groups is 1. The van der Waals surface area contributed by atoms with Crippen molar-refractivity contribution in [1.29, 1.82) is 0 Å². The molecule has 1 N–H and O–H groups in total. The Kier molecular flexibility index (Phi) is 5.71. The zero-order chi connectivity index (χ0) is 15.6. The number of hydrogen-bond acceptors (Lipinski definition) is 2. The van der Waals surface area contributed by atoms with Crippen LogP contribution in [0.3, 0.4) is 0 Å². The summed E-state index contributed by atoms with van der Waals surface area (Å²) in [7, 11) is 0. The molecule has 1 aromatic carbocycles. The van der Waals surface area contributed by atoms with Gasteiger partial charge in [-0.05, 0) is 90.3 Å². The Balaban J connectivity index is 1.94. The van der Waals surface area contributed by atoms with Gasteiger partial charge in [-0.25, -0.2) is 0 Å². The minimum absolute atomic E-state index is 0.0228. The lowest BCUT2D eigenvalue weighted by Crippen LogP contribution is -2.50. The number of likely N-dealkylation sites (tertiary alicyclic amines) is 1. The lowest BCUT2D eigenvalue weighted by Gasteiger charge is -2.41. The van der Waals surface area contributed by atoms with Crippen LogP contribution in [0, 0.1) is 3.57 Å². The van der Waals surface area contributed by atoms with E-state index in [-0.39, 0.29) is 17.5 Å². The molecule has 1 aromatic rings. The maximum absolute atomic E-state index is 12.4. The molecule has 0 unspecified atom stereocenters. The Morgan fingerprint density at radius 2 is 1.95 bits per heavy atom. The van der Waals surface area contributed by atoms with Crippen LogP contribution in [0.1, 0.15) is 44.0 Å². The highest BCUT2D eigenvalue weighted by atomic mass is 127. The third-order valence-electron chi connectivity index (χ3n) is 3.95. The fourth-order valence-electron chi connectivity index (χ4n) is 2.63. The molecule has 2 rings (SSSR count). The topological polar surface area (TPSA) is 32.3 Å². The molecule has 0 spiro atoms. The van der Waals surface area contributed by atoms with Gasteiger partial charge in [0.2, 0.25) is 0 Å². The number of hydrogen-bond donors (Lipinski definition) is 1. The monoisotopic (exact) mass is 464 g/mol. The molecule has 1 amide bonds. The summed E-state index contributed by atoms with van der Waals surface area (Å²) in [4.78, 5) is 14.9. The van der Waals surface area contributed by atoms with Crippen LogP contribution in [-0.4, -0.2) is 35.5 Å². The molecular formula is C16H22BrIN2O. The summed E-state index contributed by atoms with van der Waals surface area (Å²) in [5.41, 5.74) is 0.938. The van der Waals surface area contributed by atoms with Gasteiger partial charge < -0.3 is 5.32 Å². The standard InChI is InChI=1S/C16H22BrIN2O/c1-16(2,3)20-8-6-12(7-9-20)19-15(21)13-10-11(18)4-5-14(13)17/h4-5,10,12H,6-9H2,1-3H3,(H,19,21). The van der Waals surface area contributed by atoms with Crippen molar-refractivity contribution in [3.63, 3.8) is 0 Å². The lowest BCUT2D eigenvalue weighted by molar-refractivity contribution is 0.0812. The van der Waals surface area contributed by atoms with Crippen molar-refractivity contribution in [2.24, 2.45) is 0 Å². The van der Waals surface area contributed by atoms with E-state index in [9.17, 15) is 4.79 Å². The molecule has 3 nitrogen and oxygen atoms in total. The first-order valence-electron chi connectivity index (χ1n) is 7.28. The molecule has 5 heteroatoms. The second-order valence-corrected chi connectivity index (χ2v) is 8.63. The summed E-state index contributed by atoms with van der Waals surface area (Å²) in [5, 5.41) is 3.18. The van der Waals surface area contributed by atoms with Crippen molar-refractivity contribution >= 4 is 44.4 Å². The summed E-state index contributed by atoms with van der Waals surface area (Å²) in [6.45, 7) is 8.82. The molecule has 1 saturated heterocycles. The molecule has 21 heavy (non-hydrogen) atoms. The van der Waals surface area contributed by atoms with Gasteiger partial charge >= 0.3 is 0 Å². The number of rotatable bonds is 2. The van der Waals surface area contributed by atoms with Crippen LogP contribution in [0.2, 0.25) is 0 Å². The van der Waals surface area contributed by atoms with E-state index in [1.807, 2.05) is 18.2 Å². The Morgan fingerprint density at radius 3 is 2.52 bits per heavy atom. The van der Waals surface area contributed by atoms with Crippen molar-refractivity contribution in [3.8, 4) is 0 Å². The number of nitrogens with zero attached hydrogens (tertiary/aromatic N) is 1. The van der Waals surface area contributed by atoms with Crippen molar-refractivity contribution in [3.05, 3.63) is 31.8 Å². The first kappa shape index (κ1) is 17.2. The molecular weight excluding hydrogens is 443 g/mol. The van der Waals surface area contributed by atoms with Crippen molar-refractivity contribution in [2.75, 3.05) is 13.1 Å². The second-order valence-electron chi connectivity index (χ2n) is 6.53. The van der Waals surface area contributed by atoms with Gasteiger partial charge in [0.1, 0.15) is 0 Å². The molecule has 0 atom stereocenters. The Labute approximate surface area is 149 Å².